The van der Waals surface area contributed by atoms with E-state index in [1.165, 1.54) is 0 Å². The molecule has 0 unspecified atom stereocenters. The second-order valence-corrected chi connectivity index (χ2v) is 6.17. The van der Waals surface area contributed by atoms with Crippen LogP contribution in [0.3, 0.4) is 0 Å². The Kier molecular flexibility index (Phi) is 4.01. The molecule has 4 heteroatoms. The molecule has 0 fully saturated rings. The first-order chi connectivity index (χ1) is 10.9. The third kappa shape index (κ3) is 3.66. The van der Waals surface area contributed by atoms with E-state index in [4.69, 9.17) is 4.74 Å². The van der Waals surface area contributed by atoms with Crippen LogP contribution in [0.2, 0.25) is 0 Å². The van der Waals surface area contributed by atoms with Crippen molar-refractivity contribution in [1.29, 1.82) is 0 Å². The zero-order chi connectivity index (χ0) is 16.4. The van der Waals surface area contributed by atoms with Gasteiger partial charge in [-0.2, -0.15) is 0 Å². The average molecular weight is 312 g/mol. The maximum absolute atomic E-state index is 10.2. The van der Waals surface area contributed by atoms with Crippen LogP contribution in [0.5, 0.6) is 17.2 Å². The van der Waals surface area contributed by atoms with E-state index in [1.54, 1.807) is 37.3 Å². The van der Waals surface area contributed by atoms with Crippen LogP contribution in [0.15, 0.2) is 42.5 Å². The van der Waals surface area contributed by atoms with Gasteiger partial charge < -0.3 is 20.1 Å². The van der Waals surface area contributed by atoms with Crippen LogP contribution in [0.25, 0.3) is 6.08 Å². The molecule has 3 N–H and O–H groups in total. The Balaban J connectivity index is 1.78. The predicted molar refractivity (Wildman–Crippen MR) is 88.8 cm³/mol. The quantitative estimate of drug-likeness (QED) is 0.815. The summed E-state index contributed by atoms with van der Waals surface area (Å²) in [5, 5.41) is 29.6. The van der Waals surface area contributed by atoms with Crippen LogP contribution in [0.4, 0.5) is 0 Å². The van der Waals surface area contributed by atoms with E-state index in [-0.39, 0.29) is 18.1 Å². The van der Waals surface area contributed by atoms with E-state index in [0.29, 0.717) is 11.3 Å². The van der Waals surface area contributed by atoms with Gasteiger partial charge in [-0.05, 0) is 67.3 Å². The van der Waals surface area contributed by atoms with E-state index in [2.05, 4.69) is 0 Å². The van der Waals surface area contributed by atoms with Gasteiger partial charge >= 0.3 is 0 Å². The number of hydrogen-bond acceptors (Lipinski definition) is 4. The van der Waals surface area contributed by atoms with Crippen molar-refractivity contribution in [3.63, 3.8) is 0 Å². The minimum atomic E-state index is -1.04. The Labute approximate surface area is 135 Å². The average Bonchev–Trinajstić information content (AvgIpc) is 2.66. The summed E-state index contributed by atoms with van der Waals surface area (Å²) in [7, 11) is 0. The van der Waals surface area contributed by atoms with Crippen molar-refractivity contribution in [2.75, 3.05) is 6.61 Å². The van der Waals surface area contributed by atoms with Crippen molar-refractivity contribution in [3.05, 3.63) is 59.2 Å². The number of rotatable bonds is 3. The molecule has 1 aliphatic heterocycles. The van der Waals surface area contributed by atoms with Crippen molar-refractivity contribution < 1.29 is 20.1 Å². The SMILES string of the molecule is C[C@@]1(O)C=Cc2c(O)cc(CCc3ccc(O)cc3)cc2OC1. The van der Waals surface area contributed by atoms with Crippen LogP contribution >= 0.6 is 0 Å². The van der Waals surface area contributed by atoms with E-state index >= 15 is 0 Å². The highest BCUT2D eigenvalue weighted by molar-refractivity contribution is 5.66. The fourth-order valence-corrected chi connectivity index (χ4v) is 2.58. The van der Waals surface area contributed by atoms with Crippen LogP contribution in [-0.4, -0.2) is 27.5 Å². The van der Waals surface area contributed by atoms with Gasteiger partial charge in [-0.1, -0.05) is 12.1 Å². The Hall–Kier alpha value is -2.46. The molecule has 120 valence electrons. The molecule has 1 atom stereocenters. The number of aromatic hydroxyl groups is 2. The number of phenolic OH excluding ortho intramolecular Hbond substituents is 2. The normalized spacial score (nSPS) is 19.7. The molecule has 0 aliphatic carbocycles. The van der Waals surface area contributed by atoms with Gasteiger partial charge in [-0.25, -0.2) is 0 Å². The lowest BCUT2D eigenvalue weighted by Gasteiger charge is -2.17. The summed E-state index contributed by atoms with van der Waals surface area (Å²) < 4.78 is 5.65. The lowest BCUT2D eigenvalue weighted by Crippen LogP contribution is -2.28. The number of ether oxygens (including phenoxy) is 1. The number of aryl methyl sites for hydroxylation is 2. The highest BCUT2D eigenvalue weighted by atomic mass is 16.5. The van der Waals surface area contributed by atoms with Crippen molar-refractivity contribution in [2.45, 2.75) is 25.4 Å². The molecule has 2 aromatic rings. The van der Waals surface area contributed by atoms with Crippen molar-refractivity contribution in [3.8, 4) is 17.2 Å². The first-order valence-corrected chi connectivity index (χ1v) is 7.61. The largest absolute Gasteiger partial charge is 0.508 e. The van der Waals surface area contributed by atoms with Crippen molar-refractivity contribution >= 4 is 6.08 Å². The molecule has 0 aromatic heterocycles. The molecular formula is C19H20O4. The standard InChI is InChI=1S/C19H20O4/c1-19(22)9-8-16-17(21)10-14(11-18(16)23-12-19)3-2-13-4-6-15(20)7-5-13/h4-11,20-22H,2-3,12H2,1H3/t19-/m1/s1. The monoisotopic (exact) mass is 312 g/mol. The molecule has 4 nitrogen and oxygen atoms in total. The van der Waals surface area contributed by atoms with E-state index in [0.717, 1.165) is 24.0 Å². The summed E-state index contributed by atoms with van der Waals surface area (Å²) in [5.41, 5.74) is 1.62. The van der Waals surface area contributed by atoms with Gasteiger partial charge in [0.2, 0.25) is 0 Å². The predicted octanol–water partition coefficient (Wildman–Crippen LogP) is 3.04. The maximum Gasteiger partial charge on any atom is 0.130 e. The second kappa shape index (κ2) is 5.97. The van der Waals surface area contributed by atoms with Gasteiger partial charge in [0.05, 0.1) is 5.56 Å². The van der Waals surface area contributed by atoms with Gasteiger partial charge in [-0.3, -0.25) is 0 Å². The third-order valence-corrected chi connectivity index (χ3v) is 3.95. The van der Waals surface area contributed by atoms with Crippen LogP contribution in [-0.2, 0) is 12.8 Å². The van der Waals surface area contributed by atoms with E-state index in [1.807, 2.05) is 18.2 Å². The second-order valence-electron chi connectivity index (χ2n) is 6.17. The fraction of sp³-hybridized carbons (Fsp3) is 0.263. The fourth-order valence-electron chi connectivity index (χ4n) is 2.58. The summed E-state index contributed by atoms with van der Waals surface area (Å²) in [4.78, 5) is 0. The lowest BCUT2D eigenvalue weighted by atomic mass is 10.0. The molecule has 0 saturated carbocycles. The molecule has 0 amide bonds. The highest BCUT2D eigenvalue weighted by Crippen LogP contribution is 2.34. The third-order valence-electron chi connectivity index (χ3n) is 3.95. The van der Waals surface area contributed by atoms with Crippen LogP contribution in [0.1, 0.15) is 23.6 Å². The molecule has 3 rings (SSSR count). The zero-order valence-corrected chi connectivity index (χ0v) is 13.0. The Morgan fingerprint density at radius 3 is 2.48 bits per heavy atom. The lowest BCUT2D eigenvalue weighted by molar-refractivity contribution is 0.0565. The molecule has 0 radical (unpaired) electrons. The summed E-state index contributed by atoms with van der Waals surface area (Å²) in [5.74, 6) is 0.987. The Bertz CT molecular complexity index is 730. The number of hydrogen-bond donors (Lipinski definition) is 3. The molecule has 0 spiro atoms. The molecule has 0 saturated heterocycles. The van der Waals surface area contributed by atoms with Gasteiger partial charge in [-0.15, -0.1) is 0 Å². The van der Waals surface area contributed by atoms with Gasteiger partial charge in [0.25, 0.3) is 0 Å². The summed E-state index contributed by atoms with van der Waals surface area (Å²) in [6, 6.07) is 10.7. The number of aliphatic hydroxyl groups is 1. The van der Waals surface area contributed by atoms with Gasteiger partial charge in [0, 0.05) is 0 Å². The molecule has 0 bridgehead atoms. The van der Waals surface area contributed by atoms with Crippen LogP contribution in [0, 0.1) is 0 Å². The first-order valence-electron chi connectivity index (χ1n) is 7.61. The maximum atomic E-state index is 10.2. The number of phenols is 2. The Morgan fingerprint density at radius 1 is 1.04 bits per heavy atom. The molecule has 2 aromatic carbocycles. The highest BCUT2D eigenvalue weighted by Gasteiger charge is 2.22. The topological polar surface area (TPSA) is 69.9 Å². The van der Waals surface area contributed by atoms with Gasteiger partial charge in [0.15, 0.2) is 0 Å². The summed E-state index contributed by atoms with van der Waals surface area (Å²) >= 11 is 0. The minimum Gasteiger partial charge on any atom is -0.508 e. The molecule has 23 heavy (non-hydrogen) atoms. The summed E-state index contributed by atoms with van der Waals surface area (Å²) in [6.07, 6.45) is 4.87. The molecule has 1 aliphatic rings. The molecule has 1 heterocycles. The minimum absolute atomic E-state index is 0.150. The number of benzene rings is 2. The zero-order valence-electron chi connectivity index (χ0n) is 13.0. The molecular weight excluding hydrogens is 292 g/mol. The summed E-state index contributed by atoms with van der Waals surface area (Å²) in [6.45, 7) is 1.81. The smallest absolute Gasteiger partial charge is 0.130 e. The Morgan fingerprint density at radius 2 is 1.74 bits per heavy atom. The van der Waals surface area contributed by atoms with Crippen molar-refractivity contribution in [2.24, 2.45) is 0 Å². The first kappa shape index (κ1) is 15.4. The van der Waals surface area contributed by atoms with E-state index in [9.17, 15) is 15.3 Å². The van der Waals surface area contributed by atoms with Crippen molar-refractivity contribution in [1.82, 2.24) is 0 Å². The van der Waals surface area contributed by atoms with Crippen LogP contribution < -0.4 is 4.74 Å². The van der Waals surface area contributed by atoms with Gasteiger partial charge in [0.1, 0.15) is 29.5 Å². The number of fused-ring (bicyclic) bond motifs is 1. The van der Waals surface area contributed by atoms with E-state index < -0.39 is 5.60 Å².